The predicted octanol–water partition coefficient (Wildman–Crippen LogP) is 1.75. The van der Waals surface area contributed by atoms with Gasteiger partial charge in [0.15, 0.2) is 5.79 Å². The minimum absolute atomic E-state index is 0.546. The van der Waals surface area contributed by atoms with Gasteiger partial charge >= 0.3 is 0 Å². The summed E-state index contributed by atoms with van der Waals surface area (Å²) in [5, 5.41) is 0. The van der Waals surface area contributed by atoms with E-state index in [0.717, 1.165) is 30.8 Å². The first-order chi connectivity index (χ1) is 7.24. The summed E-state index contributed by atoms with van der Waals surface area (Å²) in [6.07, 6.45) is 0.964. The Bertz CT molecular complexity index is 332. The molecule has 1 fully saturated rings. The highest BCUT2D eigenvalue weighted by Crippen LogP contribution is 2.30. The van der Waals surface area contributed by atoms with Crippen LogP contribution in [-0.2, 0) is 21.8 Å². The van der Waals surface area contributed by atoms with Gasteiger partial charge in [-0.3, -0.25) is 0 Å². The number of nitrogens with two attached hydrogens (primary N) is 1. The van der Waals surface area contributed by atoms with Gasteiger partial charge in [-0.15, -0.1) is 0 Å². The Morgan fingerprint density at radius 2 is 2.07 bits per heavy atom. The highest BCUT2D eigenvalue weighted by molar-refractivity contribution is 5.26. The minimum atomic E-state index is -0.594. The topological polar surface area (TPSA) is 44.5 Å². The van der Waals surface area contributed by atoms with E-state index in [9.17, 15) is 0 Å². The Hall–Kier alpha value is -0.900. The zero-order valence-electron chi connectivity index (χ0n) is 9.03. The molecule has 1 aromatic rings. The summed E-state index contributed by atoms with van der Waals surface area (Å²) < 4.78 is 11.4. The standard InChI is InChI=1S/C12H17NO2/c1-12(14-6-3-7-15-12)11-5-2-4-10(8-11)9-13/h2,4-5,8H,3,6-7,9,13H2,1H3. The van der Waals surface area contributed by atoms with Crippen molar-refractivity contribution in [1.29, 1.82) is 0 Å². The maximum atomic E-state index is 5.69. The number of rotatable bonds is 2. The summed E-state index contributed by atoms with van der Waals surface area (Å²) >= 11 is 0. The molecular weight excluding hydrogens is 190 g/mol. The Balaban J connectivity index is 2.26. The van der Waals surface area contributed by atoms with E-state index < -0.39 is 5.79 Å². The number of benzene rings is 1. The van der Waals surface area contributed by atoms with Crippen molar-refractivity contribution in [3.63, 3.8) is 0 Å². The van der Waals surface area contributed by atoms with Gasteiger partial charge in [0.05, 0.1) is 13.2 Å². The van der Waals surface area contributed by atoms with Gasteiger partial charge in [-0.25, -0.2) is 0 Å². The van der Waals surface area contributed by atoms with Crippen LogP contribution in [0, 0.1) is 0 Å². The fourth-order valence-electron chi connectivity index (χ4n) is 1.78. The van der Waals surface area contributed by atoms with Crippen molar-refractivity contribution in [2.45, 2.75) is 25.7 Å². The molecule has 0 spiro atoms. The first kappa shape index (κ1) is 10.6. The molecule has 0 aromatic heterocycles. The maximum absolute atomic E-state index is 5.69. The molecule has 2 N–H and O–H groups in total. The highest BCUT2D eigenvalue weighted by atomic mass is 16.7. The van der Waals surface area contributed by atoms with E-state index in [1.807, 2.05) is 31.2 Å². The molecule has 2 rings (SSSR count). The van der Waals surface area contributed by atoms with Crippen molar-refractivity contribution < 1.29 is 9.47 Å². The lowest BCUT2D eigenvalue weighted by molar-refractivity contribution is -0.264. The van der Waals surface area contributed by atoms with Crippen LogP contribution in [0.4, 0.5) is 0 Å². The van der Waals surface area contributed by atoms with E-state index >= 15 is 0 Å². The summed E-state index contributed by atoms with van der Waals surface area (Å²) in [6, 6.07) is 8.07. The third-order valence-electron chi connectivity index (χ3n) is 2.73. The van der Waals surface area contributed by atoms with Crippen LogP contribution in [0.1, 0.15) is 24.5 Å². The molecule has 0 aliphatic carbocycles. The second-order valence-corrected chi connectivity index (χ2v) is 3.90. The summed E-state index contributed by atoms with van der Waals surface area (Å²) in [7, 11) is 0. The Morgan fingerprint density at radius 1 is 1.33 bits per heavy atom. The molecule has 3 heteroatoms. The van der Waals surface area contributed by atoms with E-state index in [2.05, 4.69) is 0 Å². The van der Waals surface area contributed by atoms with Gasteiger partial charge in [-0.2, -0.15) is 0 Å². The van der Waals surface area contributed by atoms with E-state index in [1.165, 1.54) is 0 Å². The summed E-state index contributed by atoms with van der Waals surface area (Å²) in [6.45, 7) is 4.01. The van der Waals surface area contributed by atoms with Crippen LogP contribution in [0.5, 0.6) is 0 Å². The van der Waals surface area contributed by atoms with Crippen molar-refractivity contribution in [3.05, 3.63) is 35.4 Å². The van der Waals surface area contributed by atoms with Gasteiger partial charge in [-0.1, -0.05) is 18.2 Å². The molecule has 0 unspecified atom stereocenters. The highest BCUT2D eigenvalue weighted by Gasteiger charge is 2.31. The third kappa shape index (κ3) is 2.20. The lowest BCUT2D eigenvalue weighted by atomic mass is 10.0. The van der Waals surface area contributed by atoms with Crippen molar-refractivity contribution in [3.8, 4) is 0 Å². The number of ether oxygens (including phenoxy) is 2. The van der Waals surface area contributed by atoms with Crippen LogP contribution >= 0.6 is 0 Å². The average Bonchev–Trinajstić information content (AvgIpc) is 2.30. The Labute approximate surface area is 90.2 Å². The summed E-state index contributed by atoms with van der Waals surface area (Å²) in [4.78, 5) is 0. The lowest BCUT2D eigenvalue weighted by Gasteiger charge is -2.34. The lowest BCUT2D eigenvalue weighted by Crippen LogP contribution is -2.35. The zero-order chi connectivity index (χ0) is 10.7. The van der Waals surface area contributed by atoms with Crippen molar-refractivity contribution in [1.82, 2.24) is 0 Å². The summed E-state index contributed by atoms with van der Waals surface area (Å²) in [5.74, 6) is -0.594. The predicted molar refractivity (Wildman–Crippen MR) is 58.2 cm³/mol. The molecule has 0 amide bonds. The smallest absolute Gasteiger partial charge is 0.191 e. The SMILES string of the molecule is CC1(c2cccc(CN)c2)OCCCO1. The zero-order valence-corrected chi connectivity index (χ0v) is 9.03. The Morgan fingerprint density at radius 3 is 2.73 bits per heavy atom. The van der Waals surface area contributed by atoms with Crippen LogP contribution in [0.25, 0.3) is 0 Å². The average molecular weight is 207 g/mol. The second kappa shape index (κ2) is 4.31. The molecule has 0 radical (unpaired) electrons. The fraction of sp³-hybridized carbons (Fsp3) is 0.500. The van der Waals surface area contributed by atoms with Crippen molar-refractivity contribution >= 4 is 0 Å². The molecule has 15 heavy (non-hydrogen) atoms. The largest absolute Gasteiger partial charge is 0.346 e. The fourth-order valence-corrected chi connectivity index (χ4v) is 1.78. The first-order valence-corrected chi connectivity index (χ1v) is 5.32. The molecule has 1 aromatic carbocycles. The molecule has 1 aliphatic heterocycles. The van der Waals surface area contributed by atoms with Crippen LogP contribution in [-0.4, -0.2) is 13.2 Å². The van der Waals surface area contributed by atoms with Gasteiger partial charge in [0, 0.05) is 12.1 Å². The molecule has 1 aliphatic rings. The van der Waals surface area contributed by atoms with E-state index in [-0.39, 0.29) is 0 Å². The second-order valence-electron chi connectivity index (χ2n) is 3.90. The number of hydrogen-bond donors (Lipinski definition) is 1. The van der Waals surface area contributed by atoms with Crippen molar-refractivity contribution in [2.75, 3.05) is 13.2 Å². The number of hydrogen-bond acceptors (Lipinski definition) is 3. The van der Waals surface area contributed by atoms with E-state index in [1.54, 1.807) is 0 Å². The van der Waals surface area contributed by atoms with Gasteiger partial charge in [0.25, 0.3) is 0 Å². The molecular formula is C12H17NO2. The van der Waals surface area contributed by atoms with E-state index in [0.29, 0.717) is 6.54 Å². The summed E-state index contributed by atoms with van der Waals surface area (Å²) in [5.41, 5.74) is 7.76. The normalized spacial score (nSPS) is 20.1. The molecule has 1 saturated heterocycles. The molecule has 0 saturated carbocycles. The van der Waals surface area contributed by atoms with Crippen LogP contribution in [0.2, 0.25) is 0 Å². The van der Waals surface area contributed by atoms with Crippen molar-refractivity contribution in [2.24, 2.45) is 5.73 Å². The molecule has 3 nitrogen and oxygen atoms in total. The van der Waals surface area contributed by atoms with Gasteiger partial charge in [0.1, 0.15) is 0 Å². The first-order valence-electron chi connectivity index (χ1n) is 5.32. The molecule has 0 bridgehead atoms. The molecule has 0 atom stereocenters. The van der Waals surface area contributed by atoms with Gasteiger partial charge in [-0.05, 0) is 25.0 Å². The van der Waals surface area contributed by atoms with Crippen LogP contribution in [0.3, 0.4) is 0 Å². The Kier molecular flexibility index (Phi) is 3.05. The van der Waals surface area contributed by atoms with Gasteiger partial charge in [0.2, 0.25) is 0 Å². The minimum Gasteiger partial charge on any atom is -0.346 e. The molecule has 1 heterocycles. The van der Waals surface area contributed by atoms with Crippen LogP contribution in [0.15, 0.2) is 24.3 Å². The monoisotopic (exact) mass is 207 g/mol. The maximum Gasteiger partial charge on any atom is 0.191 e. The third-order valence-corrected chi connectivity index (χ3v) is 2.73. The van der Waals surface area contributed by atoms with Gasteiger partial charge < -0.3 is 15.2 Å². The van der Waals surface area contributed by atoms with E-state index in [4.69, 9.17) is 15.2 Å². The quantitative estimate of drug-likeness (QED) is 0.803. The van der Waals surface area contributed by atoms with Crippen LogP contribution < -0.4 is 5.73 Å². The molecule has 82 valence electrons.